The summed E-state index contributed by atoms with van der Waals surface area (Å²) in [6.07, 6.45) is 1.34. The summed E-state index contributed by atoms with van der Waals surface area (Å²) in [5.41, 5.74) is 0.632. The molecule has 1 unspecified atom stereocenters. The molecule has 1 fully saturated rings. The van der Waals surface area contributed by atoms with Crippen molar-refractivity contribution in [1.82, 2.24) is 4.98 Å². The molecule has 0 radical (unpaired) electrons. The molecule has 1 aliphatic heterocycles. The fourth-order valence-corrected chi connectivity index (χ4v) is 3.38. The van der Waals surface area contributed by atoms with Crippen LogP contribution in [0.15, 0.2) is 36.7 Å². The molecule has 1 aliphatic carbocycles. The van der Waals surface area contributed by atoms with Crippen molar-refractivity contribution in [3.05, 3.63) is 53.6 Å². The number of hydrogen-bond acceptors (Lipinski definition) is 3. The van der Waals surface area contributed by atoms with E-state index in [4.69, 9.17) is 4.74 Å². The zero-order valence-electron chi connectivity index (χ0n) is 13.3. The molecule has 2 aromatic rings. The second-order valence-corrected chi connectivity index (χ2v) is 6.39. The Morgan fingerprint density at radius 1 is 1.12 bits per heavy atom. The molecule has 25 heavy (non-hydrogen) atoms. The zero-order valence-corrected chi connectivity index (χ0v) is 13.3. The summed E-state index contributed by atoms with van der Waals surface area (Å²) in [7, 11) is 0. The fraction of sp³-hybridized carbons (Fsp3) is 0.389. The summed E-state index contributed by atoms with van der Waals surface area (Å²) in [6, 6.07) is 4.86. The first-order valence-electron chi connectivity index (χ1n) is 8.14. The first-order valence-corrected chi connectivity index (χ1v) is 8.14. The summed E-state index contributed by atoms with van der Waals surface area (Å²) >= 11 is 0. The summed E-state index contributed by atoms with van der Waals surface area (Å²) in [5, 5.41) is 0. The summed E-state index contributed by atoms with van der Waals surface area (Å²) in [5.74, 6) is -2.57. The number of alkyl halides is 3. The molecule has 0 N–H and O–H groups in total. The number of nitrogens with zero attached hydrogens (tertiary/aromatic N) is 2. The molecule has 2 aliphatic rings. The van der Waals surface area contributed by atoms with Crippen molar-refractivity contribution in [1.29, 1.82) is 0 Å². The smallest absolute Gasteiger partial charge is 0.358 e. The van der Waals surface area contributed by atoms with E-state index >= 15 is 0 Å². The molecule has 1 saturated carbocycles. The first-order chi connectivity index (χ1) is 11.9. The molecule has 7 heteroatoms. The highest BCUT2D eigenvalue weighted by molar-refractivity contribution is 5.75. The molecular formula is C18H16F4N2O. The first kappa shape index (κ1) is 16.3. The second-order valence-electron chi connectivity index (χ2n) is 6.39. The number of benzene rings is 1. The van der Waals surface area contributed by atoms with Gasteiger partial charge in [-0.15, -0.1) is 0 Å². The van der Waals surface area contributed by atoms with Gasteiger partial charge in [0, 0.05) is 11.9 Å². The van der Waals surface area contributed by atoms with E-state index < -0.39 is 17.9 Å². The lowest BCUT2D eigenvalue weighted by Crippen LogP contribution is -2.35. The van der Waals surface area contributed by atoms with E-state index in [2.05, 4.69) is 4.98 Å². The van der Waals surface area contributed by atoms with Gasteiger partial charge in [0.25, 0.3) is 0 Å². The van der Waals surface area contributed by atoms with Crippen LogP contribution >= 0.6 is 0 Å². The molecule has 1 aromatic heterocycles. The van der Waals surface area contributed by atoms with Gasteiger partial charge in [-0.05, 0) is 54.7 Å². The molecule has 0 saturated heterocycles. The Labute approximate surface area is 142 Å². The van der Waals surface area contributed by atoms with Gasteiger partial charge < -0.3 is 9.64 Å². The van der Waals surface area contributed by atoms with Gasteiger partial charge in [0.2, 0.25) is 0 Å². The van der Waals surface area contributed by atoms with Crippen molar-refractivity contribution >= 4 is 11.4 Å². The topological polar surface area (TPSA) is 25.4 Å². The van der Waals surface area contributed by atoms with Crippen LogP contribution in [0, 0.1) is 5.82 Å². The van der Waals surface area contributed by atoms with E-state index in [1.165, 1.54) is 30.6 Å². The minimum atomic E-state index is -4.53. The third-order valence-corrected chi connectivity index (χ3v) is 4.84. The van der Waals surface area contributed by atoms with Gasteiger partial charge in [0.1, 0.15) is 18.5 Å². The molecule has 0 spiro atoms. The van der Waals surface area contributed by atoms with E-state index in [1.807, 2.05) is 0 Å². The van der Waals surface area contributed by atoms with Crippen molar-refractivity contribution in [2.45, 2.75) is 37.5 Å². The molecular weight excluding hydrogens is 336 g/mol. The lowest BCUT2D eigenvalue weighted by Gasteiger charge is -2.39. The predicted octanol–water partition coefficient (Wildman–Crippen LogP) is 4.89. The normalized spacial score (nSPS) is 20.0. The highest BCUT2D eigenvalue weighted by Gasteiger charge is 2.47. The minimum absolute atomic E-state index is 0.0674. The van der Waals surface area contributed by atoms with Crippen LogP contribution in [0.5, 0.6) is 0 Å². The lowest BCUT2D eigenvalue weighted by atomic mass is 9.85. The van der Waals surface area contributed by atoms with Crippen molar-refractivity contribution in [3.63, 3.8) is 0 Å². The molecule has 1 aromatic carbocycles. The van der Waals surface area contributed by atoms with Crippen LogP contribution in [0.1, 0.15) is 36.3 Å². The van der Waals surface area contributed by atoms with Gasteiger partial charge in [-0.25, -0.2) is 4.39 Å². The number of anilines is 2. The van der Waals surface area contributed by atoms with Crippen LogP contribution in [0.2, 0.25) is 0 Å². The third kappa shape index (κ3) is 2.86. The highest BCUT2D eigenvalue weighted by Crippen LogP contribution is 2.51. The van der Waals surface area contributed by atoms with Crippen LogP contribution in [0.3, 0.4) is 0 Å². The van der Waals surface area contributed by atoms with Gasteiger partial charge >= 0.3 is 6.18 Å². The Morgan fingerprint density at radius 2 is 1.92 bits per heavy atom. The lowest BCUT2D eigenvalue weighted by molar-refractivity contribution is -0.141. The Balaban J connectivity index is 1.81. The maximum Gasteiger partial charge on any atom is 0.399 e. The average Bonchev–Trinajstić information content (AvgIpc) is 2.51. The summed E-state index contributed by atoms with van der Waals surface area (Å²) in [6.45, 7) is 0.118. The van der Waals surface area contributed by atoms with E-state index in [1.54, 1.807) is 4.90 Å². The van der Waals surface area contributed by atoms with E-state index in [9.17, 15) is 17.6 Å². The number of halogens is 4. The Bertz CT molecular complexity index is 789. The molecule has 132 valence electrons. The van der Waals surface area contributed by atoms with Gasteiger partial charge in [-0.2, -0.15) is 13.2 Å². The van der Waals surface area contributed by atoms with Crippen molar-refractivity contribution < 1.29 is 22.3 Å². The van der Waals surface area contributed by atoms with Crippen LogP contribution in [-0.2, 0) is 4.74 Å². The van der Waals surface area contributed by atoms with Crippen LogP contribution in [0.25, 0.3) is 0 Å². The number of fused-ring (bicyclic) bond motifs is 2. The summed E-state index contributed by atoms with van der Waals surface area (Å²) in [4.78, 5) is 5.63. The molecule has 4 rings (SSSR count). The number of hydrogen-bond donors (Lipinski definition) is 0. The fourth-order valence-electron chi connectivity index (χ4n) is 3.38. The molecule has 1 atom stereocenters. The Kier molecular flexibility index (Phi) is 3.91. The maximum absolute atomic E-state index is 13.7. The number of aromatic nitrogens is 1. The number of pyridine rings is 1. The standard InChI is InChI=1S/C18H16F4N2O/c19-11-4-5-15-14(8-11)17(18(20,21)22)13-6-7-23-9-16(13)24(15)10-25-12-2-1-3-12/h4-9,12,17H,1-3,10H2. The molecule has 2 heterocycles. The van der Waals surface area contributed by atoms with Crippen molar-refractivity contribution in [2.24, 2.45) is 0 Å². The minimum Gasteiger partial charge on any atom is -0.358 e. The predicted molar refractivity (Wildman–Crippen MR) is 84.3 cm³/mol. The number of rotatable bonds is 3. The quantitative estimate of drug-likeness (QED) is 0.735. The molecule has 0 bridgehead atoms. The SMILES string of the molecule is Fc1ccc2c(c1)C(C(F)(F)F)c1ccncc1N2COC1CCC1. The molecule has 3 nitrogen and oxygen atoms in total. The van der Waals surface area contributed by atoms with Crippen LogP contribution < -0.4 is 4.90 Å². The molecule has 0 amide bonds. The van der Waals surface area contributed by atoms with E-state index in [0.717, 1.165) is 25.3 Å². The van der Waals surface area contributed by atoms with Crippen molar-refractivity contribution in [3.8, 4) is 0 Å². The highest BCUT2D eigenvalue weighted by atomic mass is 19.4. The Hall–Kier alpha value is -2.15. The van der Waals surface area contributed by atoms with Crippen LogP contribution in [-0.4, -0.2) is 24.0 Å². The zero-order chi connectivity index (χ0) is 17.6. The number of ether oxygens (including phenoxy) is 1. The monoisotopic (exact) mass is 352 g/mol. The van der Waals surface area contributed by atoms with E-state index in [0.29, 0.717) is 11.4 Å². The van der Waals surface area contributed by atoms with E-state index in [-0.39, 0.29) is 24.0 Å². The maximum atomic E-state index is 13.7. The largest absolute Gasteiger partial charge is 0.399 e. The average molecular weight is 352 g/mol. The van der Waals surface area contributed by atoms with Gasteiger partial charge in [0.05, 0.1) is 18.0 Å². The van der Waals surface area contributed by atoms with Gasteiger partial charge in [0.15, 0.2) is 0 Å². The van der Waals surface area contributed by atoms with Crippen molar-refractivity contribution in [2.75, 3.05) is 11.6 Å². The van der Waals surface area contributed by atoms with Gasteiger partial charge in [-0.3, -0.25) is 4.98 Å². The Morgan fingerprint density at radius 3 is 2.60 bits per heavy atom. The second kappa shape index (κ2) is 5.98. The van der Waals surface area contributed by atoms with Crippen LogP contribution in [0.4, 0.5) is 28.9 Å². The third-order valence-electron chi connectivity index (χ3n) is 4.84. The van der Waals surface area contributed by atoms with Gasteiger partial charge in [-0.1, -0.05) is 0 Å². The summed E-state index contributed by atoms with van der Waals surface area (Å²) < 4.78 is 60.7.